The third kappa shape index (κ3) is 1.97. The number of rotatable bonds is 1. The first-order valence-corrected chi connectivity index (χ1v) is 5.62. The second-order valence-electron chi connectivity index (χ2n) is 5.00. The standard InChI is InChI=1S/C12H18N2O2/c1-12(2)6-5-9(13)8-14(12)11(15)10-4-3-7-16-10/h3-4,7,9H,5-6,8,13H2,1-2H3. The van der Waals surface area contributed by atoms with Crippen LogP contribution in [0.5, 0.6) is 0 Å². The zero-order valence-corrected chi connectivity index (χ0v) is 9.77. The number of nitrogens with zero attached hydrogens (tertiary/aromatic N) is 1. The predicted molar refractivity (Wildman–Crippen MR) is 61.0 cm³/mol. The minimum atomic E-state index is -0.139. The fraction of sp³-hybridized carbons (Fsp3) is 0.583. The molecule has 1 aliphatic heterocycles. The molecule has 2 heterocycles. The maximum Gasteiger partial charge on any atom is 0.290 e. The molecule has 1 atom stereocenters. The number of amides is 1. The molecule has 1 aromatic rings. The van der Waals surface area contributed by atoms with Crippen LogP contribution in [0.3, 0.4) is 0 Å². The van der Waals surface area contributed by atoms with Crippen LogP contribution in [0.25, 0.3) is 0 Å². The molecule has 2 N–H and O–H groups in total. The van der Waals surface area contributed by atoms with Crippen molar-refractivity contribution >= 4 is 5.91 Å². The number of furan rings is 1. The molecule has 1 aromatic heterocycles. The van der Waals surface area contributed by atoms with E-state index < -0.39 is 0 Å². The van der Waals surface area contributed by atoms with E-state index in [0.29, 0.717) is 12.3 Å². The molecular formula is C12H18N2O2. The van der Waals surface area contributed by atoms with Gasteiger partial charge < -0.3 is 15.1 Å². The average molecular weight is 222 g/mol. The van der Waals surface area contributed by atoms with Crippen molar-refractivity contribution in [2.24, 2.45) is 5.73 Å². The molecule has 1 unspecified atom stereocenters. The van der Waals surface area contributed by atoms with Crippen molar-refractivity contribution in [3.05, 3.63) is 24.2 Å². The normalized spacial score (nSPS) is 24.4. The number of nitrogens with two attached hydrogens (primary N) is 1. The van der Waals surface area contributed by atoms with Crippen LogP contribution in [-0.2, 0) is 0 Å². The van der Waals surface area contributed by atoms with Crippen molar-refractivity contribution in [3.63, 3.8) is 0 Å². The molecule has 1 saturated heterocycles. The highest BCUT2D eigenvalue weighted by Crippen LogP contribution is 2.28. The number of piperidine rings is 1. The summed E-state index contributed by atoms with van der Waals surface area (Å²) >= 11 is 0. The monoisotopic (exact) mass is 222 g/mol. The Hall–Kier alpha value is -1.29. The smallest absolute Gasteiger partial charge is 0.290 e. The van der Waals surface area contributed by atoms with E-state index in [9.17, 15) is 4.79 Å². The quantitative estimate of drug-likeness (QED) is 0.785. The summed E-state index contributed by atoms with van der Waals surface area (Å²) in [4.78, 5) is 14.0. The van der Waals surface area contributed by atoms with Gasteiger partial charge in [-0.3, -0.25) is 4.79 Å². The fourth-order valence-electron chi connectivity index (χ4n) is 2.14. The van der Waals surface area contributed by atoms with Crippen molar-refractivity contribution in [3.8, 4) is 0 Å². The number of hydrogen-bond acceptors (Lipinski definition) is 3. The predicted octanol–water partition coefficient (Wildman–Crippen LogP) is 1.62. The lowest BCUT2D eigenvalue weighted by Gasteiger charge is -2.44. The van der Waals surface area contributed by atoms with E-state index in [4.69, 9.17) is 10.2 Å². The van der Waals surface area contributed by atoms with Crippen LogP contribution in [0, 0.1) is 0 Å². The van der Waals surface area contributed by atoms with Crippen molar-refractivity contribution < 1.29 is 9.21 Å². The Bertz CT molecular complexity index is 370. The van der Waals surface area contributed by atoms with E-state index in [1.165, 1.54) is 6.26 Å². The van der Waals surface area contributed by atoms with Gasteiger partial charge in [-0.05, 0) is 38.8 Å². The van der Waals surface area contributed by atoms with Crippen LogP contribution < -0.4 is 5.73 Å². The molecule has 88 valence electrons. The third-order valence-corrected chi connectivity index (χ3v) is 3.25. The highest BCUT2D eigenvalue weighted by molar-refractivity contribution is 5.92. The van der Waals surface area contributed by atoms with E-state index in [0.717, 1.165) is 12.8 Å². The maximum absolute atomic E-state index is 12.2. The Morgan fingerprint density at radius 2 is 2.38 bits per heavy atom. The van der Waals surface area contributed by atoms with E-state index in [2.05, 4.69) is 13.8 Å². The van der Waals surface area contributed by atoms with Crippen LogP contribution in [0.1, 0.15) is 37.2 Å². The van der Waals surface area contributed by atoms with E-state index in [-0.39, 0.29) is 17.5 Å². The number of carbonyl (C=O) groups excluding carboxylic acids is 1. The summed E-state index contributed by atoms with van der Waals surface area (Å²) in [6, 6.07) is 3.50. The molecule has 0 saturated carbocycles. The Balaban J connectivity index is 2.21. The zero-order valence-electron chi connectivity index (χ0n) is 9.77. The van der Waals surface area contributed by atoms with Gasteiger partial charge in [0.2, 0.25) is 0 Å². The lowest BCUT2D eigenvalue weighted by molar-refractivity contribution is 0.0365. The minimum absolute atomic E-state index is 0.0647. The van der Waals surface area contributed by atoms with Gasteiger partial charge >= 0.3 is 0 Å². The fourth-order valence-corrected chi connectivity index (χ4v) is 2.14. The van der Waals surface area contributed by atoms with Crippen molar-refractivity contribution in [1.82, 2.24) is 4.90 Å². The van der Waals surface area contributed by atoms with Gasteiger partial charge in [0.25, 0.3) is 5.91 Å². The molecule has 0 bridgehead atoms. The van der Waals surface area contributed by atoms with Gasteiger partial charge in [-0.15, -0.1) is 0 Å². The molecule has 1 amide bonds. The lowest BCUT2D eigenvalue weighted by Crippen LogP contribution is -2.56. The first-order valence-electron chi connectivity index (χ1n) is 5.62. The highest BCUT2D eigenvalue weighted by Gasteiger charge is 2.37. The zero-order chi connectivity index (χ0) is 11.8. The van der Waals surface area contributed by atoms with Crippen LogP contribution in [0.15, 0.2) is 22.8 Å². The molecule has 0 radical (unpaired) electrons. The lowest BCUT2D eigenvalue weighted by atomic mass is 9.88. The molecule has 0 aliphatic carbocycles. The second kappa shape index (κ2) is 3.94. The van der Waals surface area contributed by atoms with E-state index in [1.807, 2.05) is 4.90 Å². The molecule has 16 heavy (non-hydrogen) atoms. The molecule has 1 fully saturated rings. The first kappa shape index (κ1) is 11.2. The van der Waals surface area contributed by atoms with Crippen LogP contribution in [-0.4, -0.2) is 28.9 Å². The summed E-state index contributed by atoms with van der Waals surface area (Å²) < 4.78 is 5.15. The van der Waals surface area contributed by atoms with Gasteiger partial charge in [0.1, 0.15) is 0 Å². The summed E-state index contributed by atoms with van der Waals surface area (Å²) in [5.41, 5.74) is 5.77. The van der Waals surface area contributed by atoms with Gasteiger partial charge in [-0.2, -0.15) is 0 Å². The third-order valence-electron chi connectivity index (χ3n) is 3.25. The average Bonchev–Trinajstić information content (AvgIpc) is 2.74. The molecule has 4 heteroatoms. The van der Waals surface area contributed by atoms with Crippen LogP contribution >= 0.6 is 0 Å². The summed E-state index contributed by atoms with van der Waals surface area (Å²) in [7, 11) is 0. The maximum atomic E-state index is 12.2. The van der Waals surface area contributed by atoms with Gasteiger partial charge in [0.15, 0.2) is 5.76 Å². The van der Waals surface area contributed by atoms with Gasteiger partial charge in [-0.25, -0.2) is 0 Å². The number of carbonyl (C=O) groups is 1. The summed E-state index contributed by atoms with van der Waals surface area (Å²) in [5.74, 6) is 0.326. The Labute approximate surface area is 95.4 Å². The minimum Gasteiger partial charge on any atom is -0.459 e. The summed E-state index contributed by atoms with van der Waals surface area (Å²) in [5, 5.41) is 0. The van der Waals surface area contributed by atoms with Gasteiger partial charge in [0.05, 0.1) is 6.26 Å². The first-order chi connectivity index (χ1) is 7.50. The Morgan fingerprint density at radius 3 is 3.00 bits per heavy atom. The largest absolute Gasteiger partial charge is 0.459 e. The Morgan fingerprint density at radius 1 is 1.62 bits per heavy atom. The molecule has 0 spiro atoms. The van der Waals surface area contributed by atoms with Gasteiger partial charge in [-0.1, -0.05) is 0 Å². The van der Waals surface area contributed by atoms with E-state index in [1.54, 1.807) is 12.1 Å². The van der Waals surface area contributed by atoms with Gasteiger partial charge in [0, 0.05) is 18.1 Å². The molecule has 0 aromatic carbocycles. The highest BCUT2D eigenvalue weighted by atomic mass is 16.3. The topological polar surface area (TPSA) is 59.5 Å². The number of hydrogen-bond donors (Lipinski definition) is 1. The van der Waals surface area contributed by atoms with Crippen LogP contribution in [0.4, 0.5) is 0 Å². The summed E-state index contributed by atoms with van der Waals surface area (Å²) in [6.07, 6.45) is 3.42. The molecular weight excluding hydrogens is 204 g/mol. The van der Waals surface area contributed by atoms with Crippen molar-refractivity contribution in [2.75, 3.05) is 6.54 Å². The van der Waals surface area contributed by atoms with Crippen molar-refractivity contribution in [2.45, 2.75) is 38.3 Å². The molecule has 2 rings (SSSR count). The van der Waals surface area contributed by atoms with Crippen molar-refractivity contribution in [1.29, 1.82) is 0 Å². The summed E-state index contributed by atoms with van der Waals surface area (Å²) in [6.45, 7) is 4.74. The van der Waals surface area contributed by atoms with E-state index >= 15 is 0 Å². The number of likely N-dealkylation sites (tertiary alicyclic amines) is 1. The van der Waals surface area contributed by atoms with Crippen LogP contribution in [0.2, 0.25) is 0 Å². The molecule has 4 nitrogen and oxygen atoms in total. The molecule has 1 aliphatic rings. The SMILES string of the molecule is CC1(C)CCC(N)CN1C(=O)c1ccco1. The Kier molecular flexibility index (Phi) is 2.76. The second-order valence-corrected chi connectivity index (χ2v) is 5.00.